The van der Waals surface area contributed by atoms with Crippen molar-refractivity contribution >= 4 is 45.7 Å². The number of amides is 1. The third-order valence-electron chi connectivity index (χ3n) is 8.59. The maximum Gasteiger partial charge on any atom is 0.261 e. The summed E-state index contributed by atoms with van der Waals surface area (Å²) in [4.78, 5) is 20.4. The number of nitrogens with zero attached hydrogens (tertiary/aromatic N) is 3. The topological polar surface area (TPSA) is 47.0 Å². The lowest BCUT2D eigenvalue weighted by atomic mass is 9.92. The van der Waals surface area contributed by atoms with Gasteiger partial charge in [0.25, 0.3) is 5.91 Å². The SMILES string of the molecule is CC(C)c1cccc(C(C)C)c1N1C(=O)c2cc(N3c4ccccc4N(c4ccccc4)c4ccccc43)ccc2C1O. The molecule has 1 N–H and O–H groups in total. The lowest BCUT2D eigenvalue weighted by molar-refractivity contribution is 0.0934. The summed E-state index contributed by atoms with van der Waals surface area (Å²) in [7, 11) is 0. The first-order valence-corrected chi connectivity index (χ1v) is 15.0. The normalized spacial score (nSPS) is 15.7. The van der Waals surface area contributed by atoms with Gasteiger partial charge in [-0.05, 0) is 71.5 Å². The van der Waals surface area contributed by atoms with Gasteiger partial charge in [0, 0.05) is 22.5 Å². The molecule has 1 unspecified atom stereocenters. The van der Waals surface area contributed by atoms with Crippen molar-refractivity contribution in [1.82, 2.24) is 0 Å². The largest absolute Gasteiger partial charge is 0.369 e. The molecule has 0 saturated heterocycles. The second-order valence-corrected chi connectivity index (χ2v) is 11.9. The Labute approximate surface area is 253 Å². The summed E-state index contributed by atoms with van der Waals surface area (Å²) in [6, 6.07) is 39.1. The minimum absolute atomic E-state index is 0.177. The lowest BCUT2D eigenvalue weighted by Crippen LogP contribution is -2.30. The molecule has 5 aromatic rings. The van der Waals surface area contributed by atoms with E-state index in [0.29, 0.717) is 11.1 Å². The zero-order valence-electron chi connectivity index (χ0n) is 24.9. The van der Waals surface area contributed by atoms with Crippen molar-refractivity contribution < 1.29 is 9.90 Å². The standard InChI is InChI=1S/C38H35N3O2/c1-24(2)28-15-12-16-29(25(3)4)36(28)41-37(42)30-22-21-27(23-31(30)38(41)43)40-34-19-10-8-17-32(34)39(26-13-6-5-7-14-26)33-18-9-11-20-35(33)40/h5-25,37,42H,1-4H3. The Hall–Kier alpha value is -4.87. The quantitative estimate of drug-likeness (QED) is 0.226. The van der Waals surface area contributed by atoms with Gasteiger partial charge >= 0.3 is 0 Å². The van der Waals surface area contributed by atoms with Crippen LogP contribution >= 0.6 is 0 Å². The molecular weight excluding hydrogens is 530 g/mol. The third kappa shape index (κ3) is 4.23. The van der Waals surface area contributed by atoms with Gasteiger partial charge in [-0.15, -0.1) is 0 Å². The number of anilines is 7. The summed E-state index contributed by atoms with van der Waals surface area (Å²) in [5.41, 5.74) is 10.2. The van der Waals surface area contributed by atoms with E-state index < -0.39 is 6.23 Å². The number of para-hydroxylation sites is 6. The Morgan fingerprint density at radius 2 is 1.07 bits per heavy atom. The fourth-order valence-electron chi connectivity index (χ4n) is 6.57. The van der Waals surface area contributed by atoms with E-state index in [4.69, 9.17) is 0 Å². The maximum atomic E-state index is 14.3. The molecule has 0 saturated carbocycles. The minimum atomic E-state index is -1.05. The molecular formula is C38H35N3O2. The molecule has 5 heteroatoms. The van der Waals surface area contributed by atoms with Gasteiger partial charge in [0.05, 0.1) is 28.4 Å². The summed E-state index contributed by atoms with van der Waals surface area (Å²) in [5.74, 6) is 0.215. The highest BCUT2D eigenvalue weighted by atomic mass is 16.3. The van der Waals surface area contributed by atoms with E-state index >= 15 is 0 Å². The smallest absolute Gasteiger partial charge is 0.261 e. The summed E-state index contributed by atoms with van der Waals surface area (Å²) in [6.45, 7) is 8.52. The molecule has 2 aliphatic heterocycles. The number of benzene rings is 5. The van der Waals surface area contributed by atoms with Crippen LogP contribution in [-0.4, -0.2) is 11.0 Å². The van der Waals surface area contributed by atoms with E-state index in [2.05, 4.69) is 116 Å². The van der Waals surface area contributed by atoms with Crippen LogP contribution in [0.1, 0.15) is 72.8 Å². The molecule has 0 aromatic heterocycles. The van der Waals surface area contributed by atoms with Crippen molar-refractivity contribution in [2.75, 3.05) is 14.7 Å². The van der Waals surface area contributed by atoms with E-state index in [1.54, 1.807) is 4.90 Å². The Bertz CT molecular complexity index is 1770. The van der Waals surface area contributed by atoms with Crippen LogP contribution in [-0.2, 0) is 0 Å². The Morgan fingerprint density at radius 1 is 0.581 bits per heavy atom. The molecule has 1 atom stereocenters. The predicted octanol–water partition coefficient (Wildman–Crippen LogP) is 9.84. The van der Waals surface area contributed by atoms with E-state index in [-0.39, 0.29) is 17.7 Å². The number of carbonyl (C=O) groups excluding carboxylic acids is 1. The summed E-state index contributed by atoms with van der Waals surface area (Å²) >= 11 is 0. The highest BCUT2D eigenvalue weighted by Gasteiger charge is 2.40. The van der Waals surface area contributed by atoms with Crippen LogP contribution in [0.5, 0.6) is 0 Å². The van der Waals surface area contributed by atoms with Crippen molar-refractivity contribution in [2.45, 2.75) is 45.8 Å². The monoisotopic (exact) mass is 565 g/mol. The Kier molecular flexibility index (Phi) is 6.55. The summed E-state index contributed by atoms with van der Waals surface area (Å²) in [6.07, 6.45) is -1.05. The number of hydrogen-bond donors (Lipinski definition) is 1. The second kappa shape index (κ2) is 10.4. The van der Waals surface area contributed by atoms with Crippen LogP contribution in [0.4, 0.5) is 39.8 Å². The minimum Gasteiger partial charge on any atom is -0.369 e. The average Bonchev–Trinajstić information content (AvgIpc) is 3.27. The van der Waals surface area contributed by atoms with E-state index in [0.717, 1.165) is 50.9 Å². The number of aliphatic hydroxyl groups is 1. The fourth-order valence-corrected chi connectivity index (χ4v) is 6.57. The first-order valence-electron chi connectivity index (χ1n) is 15.0. The number of hydrogen-bond acceptors (Lipinski definition) is 4. The number of aliphatic hydroxyl groups excluding tert-OH is 1. The van der Waals surface area contributed by atoms with Crippen molar-refractivity contribution in [3.8, 4) is 0 Å². The van der Waals surface area contributed by atoms with Crippen molar-refractivity contribution in [1.29, 1.82) is 0 Å². The molecule has 214 valence electrons. The molecule has 2 heterocycles. The predicted molar refractivity (Wildman–Crippen MR) is 176 cm³/mol. The van der Waals surface area contributed by atoms with Gasteiger partial charge in [-0.3, -0.25) is 9.69 Å². The van der Waals surface area contributed by atoms with Crippen LogP contribution in [0.3, 0.4) is 0 Å². The molecule has 5 nitrogen and oxygen atoms in total. The van der Waals surface area contributed by atoms with Gasteiger partial charge < -0.3 is 14.9 Å². The zero-order valence-corrected chi connectivity index (χ0v) is 24.9. The molecule has 2 aliphatic rings. The molecule has 1 amide bonds. The van der Waals surface area contributed by atoms with Crippen molar-refractivity contribution in [3.05, 3.63) is 138 Å². The molecule has 0 bridgehead atoms. The average molecular weight is 566 g/mol. The highest BCUT2D eigenvalue weighted by Crippen LogP contribution is 2.54. The van der Waals surface area contributed by atoms with Crippen LogP contribution in [0, 0.1) is 0 Å². The highest BCUT2D eigenvalue weighted by molar-refractivity contribution is 6.12. The lowest BCUT2D eigenvalue weighted by Gasteiger charge is -2.40. The first-order chi connectivity index (χ1) is 20.9. The van der Waals surface area contributed by atoms with Gasteiger partial charge in [0.2, 0.25) is 0 Å². The molecule has 43 heavy (non-hydrogen) atoms. The van der Waals surface area contributed by atoms with E-state index in [9.17, 15) is 9.90 Å². The number of rotatable bonds is 5. The zero-order chi connectivity index (χ0) is 29.8. The maximum absolute atomic E-state index is 14.3. The van der Waals surface area contributed by atoms with Crippen LogP contribution < -0.4 is 14.7 Å². The van der Waals surface area contributed by atoms with Crippen molar-refractivity contribution in [2.24, 2.45) is 0 Å². The van der Waals surface area contributed by atoms with Gasteiger partial charge in [-0.2, -0.15) is 0 Å². The van der Waals surface area contributed by atoms with Crippen LogP contribution in [0.15, 0.2) is 115 Å². The molecule has 7 rings (SSSR count). The van der Waals surface area contributed by atoms with E-state index in [1.807, 2.05) is 36.4 Å². The van der Waals surface area contributed by atoms with Crippen molar-refractivity contribution in [3.63, 3.8) is 0 Å². The third-order valence-corrected chi connectivity index (χ3v) is 8.59. The van der Waals surface area contributed by atoms with Gasteiger partial charge in [0.1, 0.15) is 0 Å². The Balaban J connectivity index is 1.37. The molecule has 5 aromatic carbocycles. The number of carbonyl (C=O) groups is 1. The van der Waals surface area contributed by atoms with E-state index in [1.165, 1.54) is 0 Å². The summed E-state index contributed by atoms with van der Waals surface area (Å²) in [5, 5.41) is 11.6. The van der Waals surface area contributed by atoms with Gasteiger partial charge in [-0.1, -0.05) is 94.4 Å². The summed E-state index contributed by atoms with van der Waals surface area (Å²) < 4.78 is 0. The molecule has 0 radical (unpaired) electrons. The number of fused-ring (bicyclic) bond motifs is 3. The van der Waals surface area contributed by atoms with Crippen LogP contribution in [0.25, 0.3) is 0 Å². The van der Waals surface area contributed by atoms with Gasteiger partial charge in [-0.25, -0.2) is 0 Å². The Morgan fingerprint density at radius 3 is 1.58 bits per heavy atom. The molecule has 0 spiro atoms. The first kappa shape index (κ1) is 27.0. The second-order valence-electron chi connectivity index (χ2n) is 11.9. The van der Waals surface area contributed by atoms with Gasteiger partial charge in [0.15, 0.2) is 6.23 Å². The fraction of sp³-hybridized carbons (Fsp3) is 0.184. The van der Waals surface area contributed by atoms with Crippen LogP contribution in [0.2, 0.25) is 0 Å². The molecule has 0 fully saturated rings. The molecule has 0 aliphatic carbocycles.